The Morgan fingerprint density at radius 3 is 2.52 bits per heavy atom. The number of nitrogens with one attached hydrogen (secondary N) is 1. The summed E-state index contributed by atoms with van der Waals surface area (Å²) in [5, 5.41) is 12.7. The molecule has 0 amide bonds. The maximum atomic E-state index is 13.3. The van der Waals surface area contributed by atoms with Crippen molar-refractivity contribution in [1.29, 1.82) is 5.26 Å². The number of fused-ring (bicyclic) bond motifs is 1. The highest BCUT2D eigenvalue weighted by molar-refractivity contribution is 8.00. The van der Waals surface area contributed by atoms with E-state index < -0.39 is 11.4 Å². The molecule has 134 valence electrons. The maximum Gasteiger partial charge on any atom is 0.446 e. The third kappa shape index (κ3) is 4.18. The largest absolute Gasteiger partial charge is 0.446 e. The van der Waals surface area contributed by atoms with Crippen molar-refractivity contribution in [3.8, 4) is 6.07 Å². The molecule has 25 heavy (non-hydrogen) atoms. The van der Waals surface area contributed by atoms with Crippen LogP contribution in [0.15, 0.2) is 23.1 Å². The molecule has 0 radical (unpaired) electrons. The Kier molecular flexibility index (Phi) is 4.86. The topological polar surface area (TPSA) is 35.8 Å². The first-order valence-corrected chi connectivity index (χ1v) is 9.17. The highest BCUT2D eigenvalue weighted by atomic mass is 32.2. The van der Waals surface area contributed by atoms with Crippen LogP contribution in [-0.2, 0) is 0 Å². The average molecular weight is 392 g/mol. The first kappa shape index (κ1) is 18.3. The van der Waals surface area contributed by atoms with Crippen LogP contribution in [0.4, 0.5) is 27.6 Å². The molecule has 0 bridgehead atoms. The van der Waals surface area contributed by atoms with Gasteiger partial charge in [-0.25, -0.2) is 8.78 Å². The molecule has 0 spiro atoms. The molecule has 2 aromatic rings. The molecule has 1 saturated carbocycles. The van der Waals surface area contributed by atoms with Gasteiger partial charge in [0.15, 0.2) is 0 Å². The Bertz CT molecular complexity index is 812. The van der Waals surface area contributed by atoms with Gasteiger partial charge in [-0.05, 0) is 30.7 Å². The lowest BCUT2D eigenvalue weighted by atomic mass is 9.92. The fourth-order valence-corrected chi connectivity index (χ4v) is 4.84. The number of thiophene rings is 1. The van der Waals surface area contributed by atoms with Crippen molar-refractivity contribution in [1.82, 2.24) is 0 Å². The summed E-state index contributed by atoms with van der Waals surface area (Å²) in [4.78, 5) is -0.101. The highest BCUT2D eigenvalue weighted by Crippen LogP contribution is 2.47. The first-order chi connectivity index (χ1) is 11.7. The van der Waals surface area contributed by atoms with E-state index in [-0.39, 0.29) is 40.4 Å². The van der Waals surface area contributed by atoms with Crippen LogP contribution < -0.4 is 5.32 Å². The number of benzene rings is 1. The van der Waals surface area contributed by atoms with Gasteiger partial charge in [0.05, 0.1) is 15.3 Å². The van der Waals surface area contributed by atoms with Crippen molar-refractivity contribution in [3.63, 3.8) is 0 Å². The van der Waals surface area contributed by atoms with Crippen LogP contribution >= 0.6 is 23.1 Å². The summed E-state index contributed by atoms with van der Waals surface area (Å²) in [6, 6.07) is 6.52. The molecule has 1 aliphatic rings. The maximum absolute atomic E-state index is 13.3. The van der Waals surface area contributed by atoms with E-state index in [1.54, 1.807) is 18.2 Å². The molecule has 1 aromatic heterocycles. The second-order valence-electron chi connectivity index (χ2n) is 5.88. The van der Waals surface area contributed by atoms with Gasteiger partial charge < -0.3 is 5.32 Å². The standard InChI is InChI=1S/C16H13F5N2S2/c17-15(18)6-4-9(5-7-15)23-11-3-1-2-10-13(11)24-12(8-22)14(10)25-16(19,20)21/h1-3,9,23H,4-7H2. The van der Waals surface area contributed by atoms with Crippen LogP contribution in [0.3, 0.4) is 0 Å². The summed E-state index contributed by atoms with van der Waals surface area (Å²) in [7, 11) is 0. The minimum absolute atomic E-state index is 0.00162. The van der Waals surface area contributed by atoms with E-state index in [9.17, 15) is 22.0 Å². The number of thioether (sulfide) groups is 1. The molecular weight excluding hydrogens is 379 g/mol. The summed E-state index contributed by atoms with van der Waals surface area (Å²) in [5.74, 6) is -2.64. The van der Waals surface area contributed by atoms with Crippen LogP contribution in [0.25, 0.3) is 10.1 Å². The van der Waals surface area contributed by atoms with Crippen molar-refractivity contribution < 1.29 is 22.0 Å². The lowest BCUT2D eigenvalue weighted by Crippen LogP contribution is -2.32. The minimum atomic E-state index is -4.49. The fourth-order valence-electron chi connectivity index (χ4n) is 2.91. The zero-order chi connectivity index (χ0) is 18.2. The normalized spacial score (nSPS) is 18.2. The molecule has 0 saturated heterocycles. The van der Waals surface area contributed by atoms with Crippen LogP contribution in [0.2, 0.25) is 0 Å². The molecule has 9 heteroatoms. The Hall–Kier alpha value is -1.53. The smallest absolute Gasteiger partial charge is 0.381 e. The SMILES string of the molecule is N#Cc1sc2c(NC3CCC(F)(F)CC3)cccc2c1SC(F)(F)F. The lowest BCUT2D eigenvalue weighted by Gasteiger charge is -2.29. The number of hydrogen-bond donors (Lipinski definition) is 1. The summed E-state index contributed by atoms with van der Waals surface area (Å²) in [5.41, 5.74) is -3.90. The number of hydrogen-bond acceptors (Lipinski definition) is 4. The third-order valence-electron chi connectivity index (χ3n) is 4.07. The van der Waals surface area contributed by atoms with E-state index in [0.717, 1.165) is 11.3 Å². The first-order valence-electron chi connectivity index (χ1n) is 7.54. The van der Waals surface area contributed by atoms with Crippen molar-refractivity contribution in [3.05, 3.63) is 23.1 Å². The average Bonchev–Trinajstić information content (AvgIpc) is 2.87. The lowest BCUT2D eigenvalue weighted by molar-refractivity contribution is -0.0362. The summed E-state index contributed by atoms with van der Waals surface area (Å²) >= 11 is 0.691. The summed E-state index contributed by atoms with van der Waals surface area (Å²) in [6.07, 6.45) is 0.182. The number of halogens is 5. The zero-order valence-electron chi connectivity index (χ0n) is 12.8. The van der Waals surface area contributed by atoms with Crippen molar-refractivity contribution in [2.24, 2.45) is 0 Å². The number of nitriles is 1. The molecule has 1 aromatic carbocycles. The molecular formula is C16H13F5N2S2. The van der Waals surface area contributed by atoms with E-state index in [1.165, 1.54) is 0 Å². The van der Waals surface area contributed by atoms with Gasteiger partial charge >= 0.3 is 5.51 Å². The van der Waals surface area contributed by atoms with Gasteiger partial charge in [0.2, 0.25) is 5.92 Å². The fraction of sp³-hybridized carbons (Fsp3) is 0.438. The van der Waals surface area contributed by atoms with E-state index in [1.807, 2.05) is 6.07 Å². The van der Waals surface area contributed by atoms with E-state index in [2.05, 4.69) is 5.32 Å². The van der Waals surface area contributed by atoms with Gasteiger partial charge in [-0.1, -0.05) is 12.1 Å². The van der Waals surface area contributed by atoms with E-state index in [4.69, 9.17) is 5.26 Å². The quantitative estimate of drug-likeness (QED) is 0.487. The number of anilines is 1. The van der Waals surface area contributed by atoms with E-state index >= 15 is 0 Å². The van der Waals surface area contributed by atoms with Crippen LogP contribution in [0, 0.1) is 11.3 Å². The zero-order valence-corrected chi connectivity index (χ0v) is 14.4. The molecule has 1 N–H and O–H groups in total. The number of nitrogens with zero attached hydrogens (tertiary/aromatic N) is 1. The monoisotopic (exact) mass is 392 g/mol. The summed E-state index contributed by atoms with van der Waals surface area (Å²) in [6.45, 7) is 0. The van der Waals surface area contributed by atoms with Crippen LogP contribution in [0.5, 0.6) is 0 Å². The highest BCUT2D eigenvalue weighted by Gasteiger charge is 2.35. The molecule has 0 unspecified atom stereocenters. The van der Waals surface area contributed by atoms with Crippen molar-refractivity contribution in [2.45, 2.75) is 48.1 Å². The number of alkyl halides is 5. The van der Waals surface area contributed by atoms with Gasteiger partial charge in [0, 0.05) is 24.3 Å². The van der Waals surface area contributed by atoms with Gasteiger partial charge in [-0.15, -0.1) is 11.3 Å². The Labute approximate surface area is 149 Å². The van der Waals surface area contributed by atoms with E-state index in [0.29, 0.717) is 28.6 Å². The van der Waals surface area contributed by atoms with Crippen molar-refractivity contribution in [2.75, 3.05) is 5.32 Å². The Morgan fingerprint density at radius 1 is 1.24 bits per heavy atom. The second kappa shape index (κ2) is 6.65. The van der Waals surface area contributed by atoms with Gasteiger partial charge in [-0.3, -0.25) is 0 Å². The van der Waals surface area contributed by atoms with Crippen LogP contribution in [-0.4, -0.2) is 17.5 Å². The molecule has 0 aliphatic heterocycles. The number of rotatable bonds is 3. The third-order valence-corrected chi connectivity index (χ3v) is 6.20. The van der Waals surface area contributed by atoms with Gasteiger partial charge in [0.25, 0.3) is 0 Å². The molecule has 1 fully saturated rings. The van der Waals surface area contributed by atoms with Crippen molar-refractivity contribution >= 4 is 38.9 Å². The molecule has 2 nitrogen and oxygen atoms in total. The molecule has 1 heterocycles. The second-order valence-corrected chi connectivity index (χ2v) is 7.97. The van der Waals surface area contributed by atoms with Gasteiger partial charge in [-0.2, -0.15) is 18.4 Å². The molecule has 3 rings (SSSR count). The Morgan fingerprint density at radius 2 is 1.92 bits per heavy atom. The molecule has 0 atom stereocenters. The summed E-state index contributed by atoms with van der Waals surface area (Å²) < 4.78 is 65.4. The van der Waals surface area contributed by atoms with Crippen LogP contribution in [0.1, 0.15) is 30.6 Å². The minimum Gasteiger partial charge on any atom is -0.381 e. The molecule has 1 aliphatic carbocycles. The van der Waals surface area contributed by atoms with Gasteiger partial charge in [0.1, 0.15) is 10.9 Å². The predicted octanol–water partition coefficient (Wildman–Crippen LogP) is 6.37. The predicted molar refractivity (Wildman–Crippen MR) is 89.3 cm³/mol. The Balaban J connectivity index is 1.91.